The number of benzene rings is 1. The van der Waals surface area contributed by atoms with Gasteiger partial charge in [0.25, 0.3) is 0 Å². The molecule has 2 rings (SSSR count). The highest BCUT2D eigenvalue weighted by Crippen LogP contribution is 2.26. The molecule has 5 heteroatoms. The number of carbonyl (C=O) groups is 1. The Bertz CT molecular complexity index is 452. The first kappa shape index (κ1) is 15.8. The zero-order chi connectivity index (χ0) is 15.2. The molecule has 1 aromatic rings. The van der Waals surface area contributed by atoms with Crippen molar-refractivity contribution in [2.24, 2.45) is 0 Å². The SMILES string of the molecule is CC(c1ccc(O)cc1)N1CCC(OCCC(=O)O)CC1. The maximum Gasteiger partial charge on any atom is 0.305 e. The number of hydrogen-bond donors (Lipinski definition) is 2. The molecule has 1 fully saturated rings. The predicted octanol–water partition coefficient (Wildman–Crippen LogP) is 2.41. The molecule has 116 valence electrons. The van der Waals surface area contributed by atoms with Crippen molar-refractivity contribution in [3.8, 4) is 5.75 Å². The number of rotatable bonds is 6. The third-order valence-corrected chi connectivity index (χ3v) is 4.07. The van der Waals surface area contributed by atoms with E-state index in [-0.39, 0.29) is 18.3 Å². The Morgan fingerprint density at radius 1 is 1.33 bits per heavy atom. The van der Waals surface area contributed by atoms with Crippen LogP contribution in [-0.4, -0.2) is 46.9 Å². The highest BCUT2D eigenvalue weighted by Gasteiger charge is 2.24. The van der Waals surface area contributed by atoms with Crippen LogP contribution in [0.25, 0.3) is 0 Å². The second kappa shape index (κ2) is 7.43. The van der Waals surface area contributed by atoms with E-state index < -0.39 is 5.97 Å². The van der Waals surface area contributed by atoms with Gasteiger partial charge in [0.1, 0.15) is 5.75 Å². The van der Waals surface area contributed by atoms with E-state index in [4.69, 9.17) is 9.84 Å². The molecular formula is C16H23NO4. The van der Waals surface area contributed by atoms with Crippen LogP contribution in [0.3, 0.4) is 0 Å². The van der Waals surface area contributed by atoms with Crippen molar-refractivity contribution in [1.29, 1.82) is 0 Å². The second-order valence-electron chi connectivity index (χ2n) is 5.52. The van der Waals surface area contributed by atoms with Gasteiger partial charge in [-0.25, -0.2) is 0 Å². The molecule has 1 atom stereocenters. The molecular weight excluding hydrogens is 270 g/mol. The Hall–Kier alpha value is -1.59. The van der Waals surface area contributed by atoms with Crippen molar-refractivity contribution in [3.05, 3.63) is 29.8 Å². The van der Waals surface area contributed by atoms with E-state index in [9.17, 15) is 9.90 Å². The van der Waals surface area contributed by atoms with Gasteiger partial charge in [0.2, 0.25) is 0 Å². The van der Waals surface area contributed by atoms with Gasteiger partial charge < -0.3 is 14.9 Å². The summed E-state index contributed by atoms with van der Waals surface area (Å²) in [5.41, 5.74) is 1.19. The zero-order valence-corrected chi connectivity index (χ0v) is 12.4. The lowest BCUT2D eigenvalue weighted by Gasteiger charge is -2.36. The average molecular weight is 293 g/mol. The molecule has 1 aromatic carbocycles. The molecule has 1 unspecified atom stereocenters. The fourth-order valence-electron chi connectivity index (χ4n) is 2.71. The van der Waals surface area contributed by atoms with Crippen LogP contribution in [0, 0.1) is 0 Å². The Labute approximate surface area is 125 Å². The monoisotopic (exact) mass is 293 g/mol. The minimum absolute atomic E-state index is 0.0735. The van der Waals surface area contributed by atoms with E-state index in [1.807, 2.05) is 12.1 Å². The number of likely N-dealkylation sites (tertiary alicyclic amines) is 1. The number of carboxylic acid groups (broad SMARTS) is 1. The van der Waals surface area contributed by atoms with Crippen LogP contribution in [-0.2, 0) is 9.53 Å². The number of ether oxygens (including phenoxy) is 1. The largest absolute Gasteiger partial charge is 0.508 e. The molecule has 1 saturated heterocycles. The van der Waals surface area contributed by atoms with Crippen molar-refractivity contribution in [1.82, 2.24) is 4.90 Å². The standard InChI is InChI=1S/C16H23NO4/c1-12(13-2-4-14(18)5-3-13)17-9-6-15(7-10-17)21-11-8-16(19)20/h2-5,12,15,18H,6-11H2,1H3,(H,19,20). The summed E-state index contributed by atoms with van der Waals surface area (Å²) in [6.07, 6.45) is 2.11. The molecule has 0 bridgehead atoms. The summed E-state index contributed by atoms with van der Waals surface area (Å²) in [5.74, 6) is -0.523. The smallest absolute Gasteiger partial charge is 0.305 e. The van der Waals surface area contributed by atoms with Gasteiger partial charge in [0.05, 0.1) is 19.1 Å². The van der Waals surface area contributed by atoms with Crippen LogP contribution in [0.15, 0.2) is 24.3 Å². The molecule has 5 nitrogen and oxygen atoms in total. The van der Waals surface area contributed by atoms with Crippen LogP contribution < -0.4 is 0 Å². The Kier molecular flexibility index (Phi) is 5.59. The fourth-order valence-corrected chi connectivity index (χ4v) is 2.71. The minimum atomic E-state index is -0.812. The van der Waals surface area contributed by atoms with Gasteiger partial charge >= 0.3 is 5.97 Å². The maximum absolute atomic E-state index is 10.5. The summed E-state index contributed by atoms with van der Waals surface area (Å²) in [5, 5.41) is 17.9. The third kappa shape index (κ3) is 4.72. The van der Waals surface area contributed by atoms with Crippen LogP contribution in [0.5, 0.6) is 5.75 Å². The molecule has 2 N–H and O–H groups in total. The van der Waals surface area contributed by atoms with E-state index in [0.717, 1.165) is 25.9 Å². The van der Waals surface area contributed by atoms with Gasteiger partial charge in [-0.2, -0.15) is 0 Å². The van der Waals surface area contributed by atoms with Crippen LogP contribution in [0.1, 0.15) is 37.8 Å². The molecule has 1 aliphatic rings. The number of hydrogen-bond acceptors (Lipinski definition) is 4. The van der Waals surface area contributed by atoms with Gasteiger partial charge in [-0.3, -0.25) is 9.69 Å². The molecule has 0 aromatic heterocycles. The number of aromatic hydroxyl groups is 1. The molecule has 0 amide bonds. The Morgan fingerprint density at radius 3 is 2.52 bits per heavy atom. The lowest BCUT2D eigenvalue weighted by Crippen LogP contribution is -2.38. The molecule has 1 heterocycles. The van der Waals surface area contributed by atoms with E-state index in [2.05, 4.69) is 11.8 Å². The van der Waals surface area contributed by atoms with E-state index in [0.29, 0.717) is 12.6 Å². The van der Waals surface area contributed by atoms with Gasteiger partial charge in [-0.05, 0) is 37.5 Å². The number of phenolic OH excluding ortho intramolecular Hbond substituents is 1. The van der Waals surface area contributed by atoms with Crippen molar-refractivity contribution in [2.75, 3.05) is 19.7 Å². The van der Waals surface area contributed by atoms with Crippen molar-refractivity contribution in [3.63, 3.8) is 0 Å². The number of aliphatic carboxylic acids is 1. The Balaban J connectivity index is 1.77. The fraction of sp³-hybridized carbons (Fsp3) is 0.562. The summed E-state index contributed by atoms with van der Waals surface area (Å²) in [6, 6.07) is 7.65. The quantitative estimate of drug-likeness (QED) is 0.843. The van der Waals surface area contributed by atoms with Crippen molar-refractivity contribution >= 4 is 5.97 Å². The molecule has 0 radical (unpaired) electrons. The summed E-state index contributed by atoms with van der Waals surface area (Å²) in [4.78, 5) is 12.8. The van der Waals surface area contributed by atoms with Crippen molar-refractivity contribution < 1.29 is 19.7 Å². The third-order valence-electron chi connectivity index (χ3n) is 4.07. The van der Waals surface area contributed by atoms with Gasteiger partial charge in [0.15, 0.2) is 0 Å². The molecule has 21 heavy (non-hydrogen) atoms. The second-order valence-corrected chi connectivity index (χ2v) is 5.52. The summed E-state index contributed by atoms with van der Waals surface area (Å²) in [7, 11) is 0. The van der Waals surface area contributed by atoms with Crippen molar-refractivity contribution in [2.45, 2.75) is 38.3 Å². The normalized spacial score (nSPS) is 18.5. The highest BCUT2D eigenvalue weighted by molar-refractivity contribution is 5.66. The van der Waals surface area contributed by atoms with Crippen LogP contribution in [0.2, 0.25) is 0 Å². The average Bonchev–Trinajstić information content (AvgIpc) is 2.48. The first-order valence-electron chi connectivity index (χ1n) is 7.42. The Morgan fingerprint density at radius 2 is 1.95 bits per heavy atom. The van der Waals surface area contributed by atoms with E-state index in [1.165, 1.54) is 5.56 Å². The number of piperidine rings is 1. The van der Waals surface area contributed by atoms with Gasteiger partial charge in [0, 0.05) is 19.1 Å². The molecule has 0 aliphatic carbocycles. The predicted molar refractivity (Wildman–Crippen MR) is 79.3 cm³/mol. The summed E-state index contributed by atoms with van der Waals surface area (Å²) >= 11 is 0. The molecule has 0 spiro atoms. The van der Waals surface area contributed by atoms with Crippen LogP contribution in [0.4, 0.5) is 0 Å². The van der Waals surface area contributed by atoms with Gasteiger partial charge in [-0.1, -0.05) is 12.1 Å². The topological polar surface area (TPSA) is 70.0 Å². The summed E-state index contributed by atoms with van der Waals surface area (Å²) < 4.78 is 5.60. The highest BCUT2D eigenvalue weighted by atomic mass is 16.5. The first-order chi connectivity index (χ1) is 10.1. The summed E-state index contributed by atoms with van der Waals surface area (Å²) in [6.45, 7) is 4.35. The van der Waals surface area contributed by atoms with E-state index in [1.54, 1.807) is 12.1 Å². The maximum atomic E-state index is 10.5. The van der Waals surface area contributed by atoms with Gasteiger partial charge in [-0.15, -0.1) is 0 Å². The van der Waals surface area contributed by atoms with E-state index >= 15 is 0 Å². The zero-order valence-electron chi connectivity index (χ0n) is 12.4. The number of carboxylic acids is 1. The minimum Gasteiger partial charge on any atom is -0.508 e. The number of phenols is 1. The lowest BCUT2D eigenvalue weighted by molar-refractivity contribution is -0.138. The molecule has 1 aliphatic heterocycles. The lowest BCUT2D eigenvalue weighted by atomic mass is 10.0. The first-order valence-corrected chi connectivity index (χ1v) is 7.42. The van der Waals surface area contributed by atoms with Crippen LogP contribution >= 0.6 is 0 Å². The molecule has 0 saturated carbocycles. The number of nitrogens with zero attached hydrogens (tertiary/aromatic N) is 1.